The molecular formula is C12H20N6. The second kappa shape index (κ2) is 5.66. The maximum absolute atomic E-state index is 5.90. The molecule has 2 heterocycles. The van der Waals surface area contributed by atoms with E-state index >= 15 is 0 Å². The summed E-state index contributed by atoms with van der Waals surface area (Å²) in [7, 11) is 1.89. The first kappa shape index (κ1) is 12.6. The van der Waals surface area contributed by atoms with Crippen LogP contribution in [-0.4, -0.2) is 24.8 Å². The van der Waals surface area contributed by atoms with Gasteiger partial charge in [-0.2, -0.15) is 5.10 Å². The highest BCUT2D eigenvalue weighted by Gasteiger charge is 2.15. The van der Waals surface area contributed by atoms with Gasteiger partial charge in [-0.25, -0.2) is 4.68 Å². The molecule has 0 unspecified atom stereocenters. The molecule has 0 amide bonds. The number of hydrogen-bond donors (Lipinski definition) is 1. The normalized spacial score (nSPS) is 11.0. The van der Waals surface area contributed by atoms with Gasteiger partial charge in [0.15, 0.2) is 5.82 Å². The molecule has 0 bridgehead atoms. The molecule has 6 nitrogen and oxygen atoms in total. The molecule has 0 fully saturated rings. The van der Waals surface area contributed by atoms with Gasteiger partial charge in [0.2, 0.25) is 0 Å². The van der Waals surface area contributed by atoms with Crippen LogP contribution in [0.15, 0.2) is 12.3 Å². The molecule has 2 N–H and O–H groups in total. The summed E-state index contributed by atoms with van der Waals surface area (Å²) in [5, 5.41) is 12.2. The summed E-state index contributed by atoms with van der Waals surface area (Å²) in [6.45, 7) is 3.05. The van der Waals surface area contributed by atoms with Crippen molar-refractivity contribution in [2.24, 2.45) is 7.05 Å². The van der Waals surface area contributed by atoms with Gasteiger partial charge in [-0.15, -0.1) is 5.10 Å². The van der Waals surface area contributed by atoms with Crippen LogP contribution in [-0.2, 0) is 13.6 Å². The first-order valence-electron chi connectivity index (χ1n) is 6.41. The molecule has 0 atom stereocenters. The predicted molar refractivity (Wildman–Crippen MR) is 70.8 cm³/mol. The van der Waals surface area contributed by atoms with Crippen LogP contribution in [0.1, 0.15) is 32.6 Å². The lowest BCUT2D eigenvalue weighted by Crippen LogP contribution is -2.06. The van der Waals surface area contributed by atoms with Gasteiger partial charge in [0.05, 0.1) is 5.69 Å². The van der Waals surface area contributed by atoms with E-state index in [1.165, 1.54) is 19.3 Å². The summed E-state index contributed by atoms with van der Waals surface area (Å²) in [6, 6.07) is 1.93. The molecule has 6 heteroatoms. The Balaban J connectivity index is 2.15. The number of aromatic nitrogens is 5. The molecule has 2 aromatic heterocycles. The van der Waals surface area contributed by atoms with Crippen LogP contribution in [0.2, 0.25) is 0 Å². The number of unbranched alkanes of at least 4 members (excludes halogenated alkanes) is 3. The molecule has 0 radical (unpaired) electrons. The molecular weight excluding hydrogens is 228 g/mol. The SMILES string of the molecule is CCCCCCn1nnc(N)c1-c1ccnn1C. The van der Waals surface area contributed by atoms with Crippen molar-refractivity contribution in [1.29, 1.82) is 0 Å². The van der Waals surface area contributed by atoms with Crippen molar-refractivity contribution in [2.45, 2.75) is 39.2 Å². The van der Waals surface area contributed by atoms with E-state index in [2.05, 4.69) is 22.3 Å². The van der Waals surface area contributed by atoms with Gasteiger partial charge < -0.3 is 5.73 Å². The molecule has 0 saturated heterocycles. The third-order valence-electron chi connectivity index (χ3n) is 3.05. The molecule has 0 aliphatic rings. The Labute approximate surface area is 107 Å². The minimum atomic E-state index is 0.467. The monoisotopic (exact) mass is 248 g/mol. The third-order valence-corrected chi connectivity index (χ3v) is 3.05. The fourth-order valence-corrected chi connectivity index (χ4v) is 2.04. The van der Waals surface area contributed by atoms with Crippen molar-refractivity contribution in [3.63, 3.8) is 0 Å². The summed E-state index contributed by atoms with van der Waals surface area (Å²) in [5.74, 6) is 0.467. The van der Waals surface area contributed by atoms with Gasteiger partial charge in [0.25, 0.3) is 0 Å². The van der Waals surface area contributed by atoms with Gasteiger partial charge in [-0.05, 0) is 12.5 Å². The molecule has 98 valence electrons. The molecule has 0 aliphatic carbocycles. The van der Waals surface area contributed by atoms with E-state index in [-0.39, 0.29) is 0 Å². The van der Waals surface area contributed by atoms with Crippen molar-refractivity contribution < 1.29 is 0 Å². The molecule has 2 aromatic rings. The fourth-order valence-electron chi connectivity index (χ4n) is 2.04. The van der Waals surface area contributed by atoms with E-state index in [0.29, 0.717) is 5.82 Å². The second-order valence-electron chi connectivity index (χ2n) is 4.45. The van der Waals surface area contributed by atoms with E-state index in [0.717, 1.165) is 24.4 Å². The predicted octanol–water partition coefficient (Wildman–Crippen LogP) is 1.84. The maximum atomic E-state index is 5.90. The van der Waals surface area contributed by atoms with Crippen molar-refractivity contribution >= 4 is 5.82 Å². The van der Waals surface area contributed by atoms with Crippen LogP contribution in [0.4, 0.5) is 5.82 Å². The number of aryl methyl sites for hydroxylation is 2. The van der Waals surface area contributed by atoms with Crippen molar-refractivity contribution in [3.8, 4) is 11.4 Å². The van der Waals surface area contributed by atoms with Crippen LogP contribution in [0.5, 0.6) is 0 Å². The van der Waals surface area contributed by atoms with Crippen LogP contribution in [0, 0.1) is 0 Å². The lowest BCUT2D eigenvalue weighted by Gasteiger charge is -2.06. The summed E-state index contributed by atoms with van der Waals surface area (Å²) in [6.07, 6.45) is 6.55. The number of anilines is 1. The van der Waals surface area contributed by atoms with E-state index in [1.54, 1.807) is 10.9 Å². The third kappa shape index (κ3) is 2.52. The minimum Gasteiger partial charge on any atom is -0.380 e. The first-order chi connectivity index (χ1) is 8.74. The zero-order valence-corrected chi connectivity index (χ0v) is 11.0. The van der Waals surface area contributed by atoms with Gasteiger partial charge in [0.1, 0.15) is 5.69 Å². The molecule has 18 heavy (non-hydrogen) atoms. The van der Waals surface area contributed by atoms with Gasteiger partial charge in [-0.3, -0.25) is 4.68 Å². The number of nitrogens with zero attached hydrogens (tertiary/aromatic N) is 5. The van der Waals surface area contributed by atoms with E-state index < -0.39 is 0 Å². The smallest absolute Gasteiger partial charge is 0.175 e. The van der Waals surface area contributed by atoms with E-state index in [9.17, 15) is 0 Å². The second-order valence-corrected chi connectivity index (χ2v) is 4.45. The Hall–Kier alpha value is -1.85. The van der Waals surface area contributed by atoms with Gasteiger partial charge >= 0.3 is 0 Å². The van der Waals surface area contributed by atoms with Gasteiger partial charge in [-0.1, -0.05) is 31.4 Å². The Morgan fingerprint density at radius 2 is 2.11 bits per heavy atom. The number of nitrogens with two attached hydrogens (primary N) is 1. The van der Waals surface area contributed by atoms with E-state index in [4.69, 9.17) is 5.73 Å². The first-order valence-corrected chi connectivity index (χ1v) is 6.41. The molecule has 2 rings (SSSR count). The maximum Gasteiger partial charge on any atom is 0.175 e. The summed E-state index contributed by atoms with van der Waals surface area (Å²) in [4.78, 5) is 0. The van der Waals surface area contributed by atoms with Crippen molar-refractivity contribution in [3.05, 3.63) is 12.3 Å². The number of nitrogen functional groups attached to an aromatic ring is 1. The topological polar surface area (TPSA) is 74.6 Å². The average molecular weight is 248 g/mol. The van der Waals surface area contributed by atoms with Crippen molar-refractivity contribution in [1.82, 2.24) is 24.8 Å². The largest absolute Gasteiger partial charge is 0.380 e. The van der Waals surface area contributed by atoms with Gasteiger partial charge in [0, 0.05) is 19.8 Å². The Morgan fingerprint density at radius 1 is 1.28 bits per heavy atom. The summed E-state index contributed by atoms with van der Waals surface area (Å²) < 4.78 is 3.67. The minimum absolute atomic E-state index is 0.467. The van der Waals surface area contributed by atoms with Crippen LogP contribution in [0.3, 0.4) is 0 Å². The summed E-state index contributed by atoms with van der Waals surface area (Å²) in [5.41, 5.74) is 7.72. The highest BCUT2D eigenvalue weighted by atomic mass is 15.5. The van der Waals surface area contributed by atoms with Crippen LogP contribution in [0.25, 0.3) is 11.4 Å². The Kier molecular flexibility index (Phi) is 3.96. The van der Waals surface area contributed by atoms with Crippen LogP contribution >= 0.6 is 0 Å². The molecule has 0 saturated carbocycles. The molecule has 0 aliphatic heterocycles. The number of rotatable bonds is 6. The fraction of sp³-hybridized carbons (Fsp3) is 0.583. The zero-order valence-electron chi connectivity index (χ0n) is 11.0. The average Bonchev–Trinajstić information content (AvgIpc) is 2.91. The standard InChI is InChI=1S/C12H20N6/c1-3-4-5-6-9-18-11(12(13)15-16-18)10-7-8-14-17(10)2/h7-8H,3-6,9,13H2,1-2H3. The Bertz CT molecular complexity index is 498. The Morgan fingerprint density at radius 3 is 2.78 bits per heavy atom. The van der Waals surface area contributed by atoms with Crippen LogP contribution < -0.4 is 5.73 Å². The number of hydrogen-bond acceptors (Lipinski definition) is 4. The highest BCUT2D eigenvalue weighted by molar-refractivity contribution is 5.66. The molecule has 0 spiro atoms. The highest BCUT2D eigenvalue weighted by Crippen LogP contribution is 2.23. The van der Waals surface area contributed by atoms with E-state index in [1.807, 2.05) is 17.8 Å². The van der Waals surface area contributed by atoms with Crippen molar-refractivity contribution in [2.75, 3.05) is 5.73 Å². The zero-order chi connectivity index (χ0) is 13.0. The molecule has 0 aromatic carbocycles. The lowest BCUT2D eigenvalue weighted by atomic mass is 10.2. The lowest BCUT2D eigenvalue weighted by molar-refractivity contribution is 0.529. The quantitative estimate of drug-likeness (QED) is 0.791. The summed E-state index contributed by atoms with van der Waals surface area (Å²) >= 11 is 0.